The molecule has 1 saturated heterocycles. The van der Waals surface area contributed by atoms with Gasteiger partial charge in [-0.1, -0.05) is 32.6 Å². The number of hydrogen-bond donors (Lipinski definition) is 1. The van der Waals surface area contributed by atoms with E-state index >= 15 is 0 Å². The maximum atomic E-state index is 11.8. The number of likely N-dealkylation sites (tertiary alicyclic amines) is 1. The standard InChI is InChI=1S/C13H26N2O/c1-2-3-4-5-6-7-13(16)15-9-8-12(10-14)11-15/h12H,2-11,14H2,1H3. The largest absolute Gasteiger partial charge is 0.342 e. The fourth-order valence-corrected chi connectivity index (χ4v) is 2.29. The van der Waals surface area contributed by atoms with Crippen LogP contribution in [0.5, 0.6) is 0 Å². The van der Waals surface area contributed by atoms with Crippen molar-refractivity contribution in [2.75, 3.05) is 19.6 Å². The van der Waals surface area contributed by atoms with E-state index in [0.717, 1.165) is 38.9 Å². The molecule has 2 N–H and O–H groups in total. The summed E-state index contributed by atoms with van der Waals surface area (Å²) in [5.41, 5.74) is 5.61. The Morgan fingerprint density at radius 1 is 1.31 bits per heavy atom. The highest BCUT2D eigenvalue weighted by Gasteiger charge is 2.24. The van der Waals surface area contributed by atoms with Crippen molar-refractivity contribution in [1.29, 1.82) is 0 Å². The third-order valence-corrected chi connectivity index (χ3v) is 3.47. The van der Waals surface area contributed by atoms with Gasteiger partial charge in [0.1, 0.15) is 0 Å². The number of hydrogen-bond acceptors (Lipinski definition) is 2. The lowest BCUT2D eigenvalue weighted by atomic mass is 10.1. The van der Waals surface area contributed by atoms with Gasteiger partial charge in [-0.2, -0.15) is 0 Å². The lowest BCUT2D eigenvalue weighted by Crippen LogP contribution is -2.29. The summed E-state index contributed by atoms with van der Waals surface area (Å²) in [7, 11) is 0. The first kappa shape index (κ1) is 13.5. The van der Waals surface area contributed by atoms with E-state index in [0.29, 0.717) is 11.8 Å². The van der Waals surface area contributed by atoms with Crippen LogP contribution >= 0.6 is 0 Å². The van der Waals surface area contributed by atoms with Gasteiger partial charge < -0.3 is 10.6 Å². The first-order chi connectivity index (χ1) is 7.77. The highest BCUT2D eigenvalue weighted by Crippen LogP contribution is 2.16. The number of carbonyl (C=O) groups is 1. The first-order valence-corrected chi connectivity index (χ1v) is 6.75. The molecular weight excluding hydrogens is 200 g/mol. The third kappa shape index (κ3) is 4.52. The average molecular weight is 226 g/mol. The minimum Gasteiger partial charge on any atom is -0.342 e. The van der Waals surface area contributed by atoms with Crippen LogP contribution in [0.3, 0.4) is 0 Å². The minimum atomic E-state index is 0.340. The Kier molecular flexibility index (Phi) is 6.46. The first-order valence-electron chi connectivity index (χ1n) is 6.75. The lowest BCUT2D eigenvalue weighted by molar-refractivity contribution is -0.130. The molecule has 16 heavy (non-hydrogen) atoms. The summed E-state index contributed by atoms with van der Waals surface area (Å²) in [6.07, 6.45) is 7.93. The Morgan fingerprint density at radius 2 is 2.06 bits per heavy atom. The molecule has 1 aliphatic rings. The normalized spacial score (nSPS) is 20.4. The van der Waals surface area contributed by atoms with Crippen molar-refractivity contribution in [3.8, 4) is 0 Å². The van der Waals surface area contributed by atoms with Crippen molar-refractivity contribution >= 4 is 5.91 Å². The van der Waals surface area contributed by atoms with E-state index in [-0.39, 0.29) is 0 Å². The van der Waals surface area contributed by atoms with E-state index in [9.17, 15) is 4.79 Å². The Labute approximate surface area is 99.4 Å². The van der Waals surface area contributed by atoms with Crippen LogP contribution in [-0.2, 0) is 4.79 Å². The predicted molar refractivity (Wildman–Crippen MR) is 67.1 cm³/mol. The zero-order valence-corrected chi connectivity index (χ0v) is 10.6. The van der Waals surface area contributed by atoms with Crippen LogP contribution in [0.15, 0.2) is 0 Å². The van der Waals surface area contributed by atoms with Gasteiger partial charge in [-0.3, -0.25) is 4.79 Å². The monoisotopic (exact) mass is 226 g/mol. The van der Waals surface area contributed by atoms with Gasteiger partial charge in [-0.05, 0) is 25.3 Å². The maximum Gasteiger partial charge on any atom is 0.222 e. The average Bonchev–Trinajstić information content (AvgIpc) is 2.77. The van der Waals surface area contributed by atoms with Crippen molar-refractivity contribution in [3.63, 3.8) is 0 Å². The van der Waals surface area contributed by atoms with E-state index in [1.54, 1.807) is 0 Å². The number of amides is 1. The SMILES string of the molecule is CCCCCCCC(=O)N1CCC(CN)C1. The molecule has 0 aliphatic carbocycles. The van der Waals surface area contributed by atoms with Crippen molar-refractivity contribution in [1.82, 2.24) is 4.90 Å². The van der Waals surface area contributed by atoms with E-state index in [1.807, 2.05) is 4.90 Å². The van der Waals surface area contributed by atoms with E-state index in [4.69, 9.17) is 5.73 Å². The zero-order chi connectivity index (χ0) is 11.8. The fourth-order valence-electron chi connectivity index (χ4n) is 2.29. The van der Waals surface area contributed by atoms with Crippen molar-refractivity contribution < 1.29 is 4.79 Å². The molecule has 94 valence electrons. The van der Waals surface area contributed by atoms with E-state index in [2.05, 4.69) is 6.92 Å². The maximum absolute atomic E-state index is 11.8. The molecule has 0 aromatic heterocycles. The smallest absolute Gasteiger partial charge is 0.222 e. The molecule has 0 radical (unpaired) electrons. The predicted octanol–water partition coefficient (Wildman–Crippen LogP) is 2.15. The topological polar surface area (TPSA) is 46.3 Å². The summed E-state index contributed by atoms with van der Waals surface area (Å²) >= 11 is 0. The summed E-state index contributed by atoms with van der Waals surface area (Å²) in [6, 6.07) is 0. The molecule has 1 amide bonds. The summed E-state index contributed by atoms with van der Waals surface area (Å²) in [5, 5.41) is 0. The molecule has 0 aromatic carbocycles. The van der Waals surface area contributed by atoms with Gasteiger partial charge in [0.05, 0.1) is 0 Å². The summed E-state index contributed by atoms with van der Waals surface area (Å²) in [6.45, 7) is 4.75. The quantitative estimate of drug-likeness (QED) is 0.676. The number of carbonyl (C=O) groups excluding carboxylic acids is 1. The van der Waals surface area contributed by atoms with Crippen molar-refractivity contribution in [2.45, 2.75) is 51.9 Å². The van der Waals surface area contributed by atoms with E-state index in [1.165, 1.54) is 25.7 Å². The highest BCUT2D eigenvalue weighted by atomic mass is 16.2. The van der Waals surface area contributed by atoms with Gasteiger partial charge in [-0.15, -0.1) is 0 Å². The van der Waals surface area contributed by atoms with E-state index < -0.39 is 0 Å². The molecule has 3 heteroatoms. The molecule has 0 aromatic rings. The Balaban J connectivity index is 2.06. The van der Waals surface area contributed by atoms with Crippen LogP contribution in [0.2, 0.25) is 0 Å². The molecule has 1 rings (SSSR count). The van der Waals surface area contributed by atoms with Crippen molar-refractivity contribution in [2.24, 2.45) is 11.7 Å². The number of rotatable bonds is 7. The second-order valence-corrected chi connectivity index (χ2v) is 4.89. The third-order valence-electron chi connectivity index (χ3n) is 3.47. The fraction of sp³-hybridized carbons (Fsp3) is 0.923. The summed E-state index contributed by atoms with van der Waals surface area (Å²) in [5.74, 6) is 0.886. The van der Waals surface area contributed by atoms with Crippen LogP contribution in [-0.4, -0.2) is 30.4 Å². The van der Waals surface area contributed by atoms with Crippen LogP contribution in [0.25, 0.3) is 0 Å². The number of nitrogens with zero attached hydrogens (tertiary/aromatic N) is 1. The van der Waals surface area contributed by atoms with Crippen LogP contribution in [0, 0.1) is 5.92 Å². The van der Waals surface area contributed by atoms with Crippen LogP contribution in [0.4, 0.5) is 0 Å². The van der Waals surface area contributed by atoms with Gasteiger partial charge in [0.2, 0.25) is 5.91 Å². The van der Waals surface area contributed by atoms with Gasteiger partial charge in [0.25, 0.3) is 0 Å². The van der Waals surface area contributed by atoms with Crippen molar-refractivity contribution in [3.05, 3.63) is 0 Å². The Hall–Kier alpha value is -0.570. The summed E-state index contributed by atoms with van der Waals surface area (Å²) in [4.78, 5) is 13.8. The number of unbranched alkanes of at least 4 members (excludes halogenated alkanes) is 4. The molecule has 0 bridgehead atoms. The van der Waals surface area contributed by atoms with Gasteiger partial charge in [-0.25, -0.2) is 0 Å². The molecule has 3 nitrogen and oxygen atoms in total. The highest BCUT2D eigenvalue weighted by molar-refractivity contribution is 5.76. The molecule has 0 spiro atoms. The van der Waals surface area contributed by atoms with Crippen LogP contribution in [0.1, 0.15) is 51.9 Å². The Morgan fingerprint density at radius 3 is 2.69 bits per heavy atom. The molecule has 1 heterocycles. The van der Waals surface area contributed by atoms with Crippen LogP contribution < -0.4 is 5.73 Å². The second-order valence-electron chi connectivity index (χ2n) is 4.89. The Bertz CT molecular complexity index is 206. The lowest BCUT2D eigenvalue weighted by Gasteiger charge is -2.16. The number of nitrogens with two attached hydrogens (primary N) is 1. The molecule has 1 unspecified atom stereocenters. The zero-order valence-electron chi connectivity index (χ0n) is 10.6. The second kappa shape index (κ2) is 7.66. The minimum absolute atomic E-state index is 0.340. The molecule has 1 atom stereocenters. The molecule has 0 saturated carbocycles. The molecular formula is C13H26N2O. The molecule has 1 aliphatic heterocycles. The van der Waals surface area contributed by atoms with Gasteiger partial charge in [0, 0.05) is 19.5 Å². The van der Waals surface area contributed by atoms with Gasteiger partial charge >= 0.3 is 0 Å². The molecule has 1 fully saturated rings. The summed E-state index contributed by atoms with van der Waals surface area (Å²) < 4.78 is 0. The van der Waals surface area contributed by atoms with Gasteiger partial charge in [0.15, 0.2) is 0 Å².